The van der Waals surface area contributed by atoms with Gasteiger partial charge in [-0.25, -0.2) is 0 Å². The Labute approximate surface area is 104 Å². The van der Waals surface area contributed by atoms with Gasteiger partial charge in [-0.05, 0) is 51.0 Å². The van der Waals surface area contributed by atoms with Gasteiger partial charge >= 0.3 is 0 Å². The Morgan fingerprint density at radius 3 is 2.71 bits per heavy atom. The molecule has 0 spiro atoms. The van der Waals surface area contributed by atoms with Crippen LogP contribution in [-0.4, -0.2) is 36.0 Å². The molecule has 0 radical (unpaired) electrons. The quantitative estimate of drug-likeness (QED) is 0.792. The minimum Gasteiger partial charge on any atom is -0.338 e. The monoisotopic (exact) mass is 236 g/mol. The van der Waals surface area contributed by atoms with Crippen molar-refractivity contribution >= 4 is 5.91 Å². The van der Waals surface area contributed by atoms with Gasteiger partial charge in [-0.1, -0.05) is 6.92 Å². The number of likely N-dealkylation sites (tertiary alicyclic amines) is 1. The summed E-state index contributed by atoms with van der Waals surface area (Å²) in [6.07, 6.45) is 7.38. The smallest absolute Gasteiger partial charge is 0.226 e. The maximum Gasteiger partial charge on any atom is 0.226 e. The Morgan fingerprint density at radius 2 is 2.06 bits per heavy atom. The zero-order valence-corrected chi connectivity index (χ0v) is 10.8. The second-order valence-corrected chi connectivity index (χ2v) is 6.12. The summed E-state index contributed by atoms with van der Waals surface area (Å²) in [5, 5.41) is 3.59. The molecule has 1 aliphatic carbocycles. The second kappa shape index (κ2) is 4.60. The third-order valence-electron chi connectivity index (χ3n) is 4.82. The SMILES string of the molecule is CC1CC1C(=O)N1CCCCC1C1CCCN1. The van der Waals surface area contributed by atoms with E-state index in [1.165, 1.54) is 32.1 Å². The molecule has 0 bridgehead atoms. The molecule has 3 heteroatoms. The van der Waals surface area contributed by atoms with Crippen LogP contribution in [0.5, 0.6) is 0 Å². The van der Waals surface area contributed by atoms with Crippen LogP contribution in [0.1, 0.15) is 45.4 Å². The number of hydrogen-bond donors (Lipinski definition) is 1. The van der Waals surface area contributed by atoms with E-state index in [2.05, 4.69) is 17.1 Å². The highest BCUT2D eigenvalue weighted by Crippen LogP contribution is 2.40. The van der Waals surface area contributed by atoms with Crippen LogP contribution in [0.25, 0.3) is 0 Å². The van der Waals surface area contributed by atoms with Crippen molar-refractivity contribution in [1.82, 2.24) is 10.2 Å². The largest absolute Gasteiger partial charge is 0.338 e. The van der Waals surface area contributed by atoms with Gasteiger partial charge in [0, 0.05) is 24.5 Å². The van der Waals surface area contributed by atoms with E-state index in [-0.39, 0.29) is 0 Å². The summed E-state index contributed by atoms with van der Waals surface area (Å²) in [4.78, 5) is 14.7. The maximum atomic E-state index is 12.4. The molecule has 2 saturated heterocycles. The number of nitrogens with zero attached hydrogens (tertiary/aromatic N) is 1. The van der Waals surface area contributed by atoms with E-state index in [1.807, 2.05) is 0 Å². The van der Waals surface area contributed by atoms with Crippen molar-refractivity contribution in [1.29, 1.82) is 0 Å². The first-order chi connectivity index (χ1) is 8.27. The summed E-state index contributed by atoms with van der Waals surface area (Å²) < 4.78 is 0. The van der Waals surface area contributed by atoms with Crippen LogP contribution in [0.3, 0.4) is 0 Å². The van der Waals surface area contributed by atoms with E-state index in [1.54, 1.807) is 0 Å². The lowest BCUT2D eigenvalue weighted by Gasteiger charge is -2.39. The zero-order chi connectivity index (χ0) is 11.8. The van der Waals surface area contributed by atoms with Gasteiger partial charge in [0.15, 0.2) is 0 Å². The summed E-state index contributed by atoms with van der Waals surface area (Å²) in [6, 6.07) is 1.07. The molecule has 2 heterocycles. The first-order valence-corrected chi connectivity index (χ1v) is 7.31. The van der Waals surface area contributed by atoms with Crippen LogP contribution in [0, 0.1) is 11.8 Å². The van der Waals surface area contributed by atoms with Crippen LogP contribution in [0.15, 0.2) is 0 Å². The highest BCUT2D eigenvalue weighted by Gasteiger charge is 2.44. The molecule has 1 saturated carbocycles. The van der Waals surface area contributed by atoms with E-state index >= 15 is 0 Å². The molecule has 1 amide bonds. The molecule has 3 aliphatic rings. The van der Waals surface area contributed by atoms with Gasteiger partial charge < -0.3 is 10.2 Å². The molecule has 0 aromatic heterocycles. The number of piperidine rings is 1. The fourth-order valence-electron chi connectivity index (χ4n) is 3.57. The third kappa shape index (κ3) is 2.22. The normalized spacial score (nSPS) is 41.6. The predicted molar refractivity (Wildman–Crippen MR) is 67.6 cm³/mol. The predicted octanol–water partition coefficient (Wildman–Crippen LogP) is 1.78. The van der Waals surface area contributed by atoms with Crippen molar-refractivity contribution in [2.75, 3.05) is 13.1 Å². The van der Waals surface area contributed by atoms with E-state index in [0.717, 1.165) is 19.5 Å². The lowest BCUT2D eigenvalue weighted by atomic mass is 9.94. The van der Waals surface area contributed by atoms with Gasteiger partial charge in [-0.2, -0.15) is 0 Å². The molecule has 3 nitrogen and oxygen atoms in total. The van der Waals surface area contributed by atoms with E-state index in [0.29, 0.717) is 29.8 Å². The highest BCUT2D eigenvalue weighted by atomic mass is 16.2. The lowest BCUT2D eigenvalue weighted by Crippen LogP contribution is -2.53. The zero-order valence-electron chi connectivity index (χ0n) is 10.8. The van der Waals surface area contributed by atoms with Gasteiger partial charge in [0.2, 0.25) is 5.91 Å². The molecule has 3 rings (SSSR count). The molecular weight excluding hydrogens is 212 g/mol. The van der Waals surface area contributed by atoms with Crippen LogP contribution in [-0.2, 0) is 4.79 Å². The molecule has 3 fully saturated rings. The standard InChI is InChI=1S/C14H24N2O/c1-10-9-11(10)14(17)16-8-3-2-6-13(16)12-5-4-7-15-12/h10-13,15H,2-9H2,1H3. The molecule has 0 aromatic rings. The number of carbonyl (C=O) groups is 1. The van der Waals surface area contributed by atoms with E-state index in [9.17, 15) is 4.79 Å². The fourth-order valence-corrected chi connectivity index (χ4v) is 3.57. The van der Waals surface area contributed by atoms with Crippen LogP contribution >= 0.6 is 0 Å². The van der Waals surface area contributed by atoms with Gasteiger partial charge in [0.25, 0.3) is 0 Å². The van der Waals surface area contributed by atoms with Crippen molar-refractivity contribution in [3.63, 3.8) is 0 Å². The average molecular weight is 236 g/mol. The van der Waals surface area contributed by atoms with Gasteiger partial charge in [0.1, 0.15) is 0 Å². The summed E-state index contributed by atoms with van der Waals surface area (Å²) >= 11 is 0. The summed E-state index contributed by atoms with van der Waals surface area (Å²) in [5.41, 5.74) is 0. The topological polar surface area (TPSA) is 32.3 Å². The van der Waals surface area contributed by atoms with Gasteiger partial charge in [-0.15, -0.1) is 0 Å². The van der Waals surface area contributed by atoms with Crippen molar-refractivity contribution in [2.24, 2.45) is 11.8 Å². The highest BCUT2D eigenvalue weighted by molar-refractivity contribution is 5.82. The number of carbonyl (C=O) groups excluding carboxylic acids is 1. The van der Waals surface area contributed by atoms with Crippen molar-refractivity contribution < 1.29 is 4.79 Å². The number of amides is 1. The number of rotatable bonds is 2. The molecule has 96 valence electrons. The first-order valence-electron chi connectivity index (χ1n) is 7.31. The van der Waals surface area contributed by atoms with Crippen molar-refractivity contribution in [3.8, 4) is 0 Å². The minimum absolute atomic E-state index is 0.358. The molecule has 1 N–H and O–H groups in total. The Hall–Kier alpha value is -0.570. The molecular formula is C14H24N2O. The Kier molecular flexibility index (Phi) is 3.12. The molecule has 4 atom stereocenters. The Morgan fingerprint density at radius 1 is 1.24 bits per heavy atom. The Bertz CT molecular complexity index is 299. The van der Waals surface area contributed by atoms with Gasteiger partial charge in [0.05, 0.1) is 0 Å². The summed E-state index contributed by atoms with van der Waals surface area (Å²) in [7, 11) is 0. The molecule has 17 heavy (non-hydrogen) atoms. The van der Waals surface area contributed by atoms with E-state index < -0.39 is 0 Å². The molecule has 4 unspecified atom stereocenters. The van der Waals surface area contributed by atoms with Crippen molar-refractivity contribution in [3.05, 3.63) is 0 Å². The van der Waals surface area contributed by atoms with E-state index in [4.69, 9.17) is 0 Å². The average Bonchev–Trinajstić information content (AvgIpc) is 2.88. The number of nitrogens with one attached hydrogen (secondary N) is 1. The summed E-state index contributed by atoms with van der Waals surface area (Å²) in [5.74, 6) is 1.45. The molecule has 2 aliphatic heterocycles. The third-order valence-corrected chi connectivity index (χ3v) is 4.82. The second-order valence-electron chi connectivity index (χ2n) is 6.12. The summed E-state index contributed by atoms with van der Waals surface area (Å²) in [6.45, 7) is 4.35. The maximum absolute atomic E-state index is 12.4. The first kappa shape index (κ1) is 11.5. The van der Waals surface area contributed by atoms with Gasteiger partial charge in [-0.3, -0.25) is 4.79 Å². The van der Waals surface area contributed by atoms with Crippen molar-refractivity contribution in [2.45, 2.75) is 57.5 Å². The minimum atomic E-state index is 0.358. The lowest BCUT2D eigenvalue weighted by molar-refractivity contribution is -0.137. The van der Waals surface area contributed by atoms with Crippen LogP contribution in [0.4, 0.5) is 0 Å². The number of hydrogen-bond acceptors (Lipinski definition) is 2. The van der Waals surface area contributed by atoms with Crippen LogP contribution < -0.4 is 5.32 Å². The van der Waals surface area contributed by atoms with Crippen LogP contribution in [0.2, 0.25) is 0 Å². The Balaban J connectivity index is 1.68. The molecule has 0 aromatic carbocycles. The fraction of sp³-hybridized carbons (Fsp3) is 0.929.